The summed E-state index contributed by atoms with van der Waals surface area (Å²) >= 11 is 0. The molecule has 0 atom stereocenters. The molecule has 0 aliphatic carbocycles. The molecule has 3 N–H and O–H groups in total. The second-order valence-electron chi connectivity index (χ2n) is 4.89. The molecule has 1 heterocycles. The molecule has 0 aliphatic rings. The number of aromatic nitrogens is 2. The Morgan fingerprint density at radius 1 is 1.45 bits per heavy atom. The number of rotatable bonds is 6. The van der Waals surface area contributed by atoms with Gasteiger partial charge in [-0.25, -0.2) is 0 Å². The summed E-state index contributed by atoms with van der Waals surface area (Å²) in [5.74, 6) is 0.221. The Morgan fingerprint density at radius 2 is 2.20 bits per heavy atom. The van der Waals surface area contributed by atoms with E-state index >= 15 is 0 Å². The summed E-state index contributed by atoms with van der Waals surface area (Å²) in [6.07, 6.45) is 1.00. The molecule has 20 heavy (non-hydrogen) atoms. The van der Waals surface area contributed by atoms with Crippen LogP contribution in [0.15, 0.2) is 29.4 Å². The Kier molecular flexibility index (Phi) is 4.57. The molecule has 0 radical (unpaired) electrons. The summed E-state index contributed by atoms with van der Waals surface area (Å²) in [5, 5.41) is 17.5. The van der Waals surface area contributed by atoms with Gasteiger partial charge >= 0.3 is 0 Å². The van der Waals surface area contributed by atoms with Gasteiger partial charge in [0.05, 0.1) is 17.8 Å². The van der Waals surface area contributed by atoms with Gasteiger partial charge in [-0.05, 0) is 19.0 Å². The highest BCUT2D eigenvalue weighted by molar-refractivity contribution is 5.83. The molecule has 0 amide bonds. The molecule has 1 aromatic heterocycles. The fourth-order valence-electron chi connectivity index (χ4n) is 2.41. The van der Waals surface area contributed by atoms with Crippen molar-refractivity contribution < 1.29 is 5.21 Å². The number of benzene rings is 1. The standard InChI is InChI=1S/C14H21N5O/c1-3-8-19(10-14(15)17-20)9-12-11-6-4-5-7-13(11)18(2)16-12/h4-7,20H,3,8-10H2,1-2H3,(H2,15,17). The van der Waals surface area contributed by atoms with E-state index in [0.29, 0.717) is 13.1 Å². The van der Waals surface area contributed by atoms with Crippen molar-refractivity contribution in [1.82, 2.24) is 14.7 Å². The van der Waals surface area contributed by atoms with Crippen molar-refractivity contribution in [3.05, 3.63) is 30.0 Å². The lowest BCUT2D eigenvalue weighted by Crippen LogP contribution is -2.34. The molecule has 108 valence electrons. The Hall–Kier alpha value is -2.08. The molecule has 6 heteroatoms. The number of hydrogen-bond acceptors (Lipinski definition) is 4. The van der Waals surface area contributed by atoms with Crippen LogP contribution in [0.5, 0.6) is 0 Å². The van der Waals surface area contributed by atoms with Gasteiger partial charge in [-0.15, -0.1) is 0 Å². The molecule has 1 aromatic carbocycles. The fourth-order valence-corrected chi connectivity index (χ4v) is 2.41. The molecular weight excluding hydrogens is 254 g/mol. The maximum Gasteiger partial charge on any atom is 0.153 e. The van der Waals surface area contributed by atoms with Crippen molar-refractivity contribution in [2.24, 2.45) is 17.9 Å². The summed E-state index contributed by atoms with van der Waals surface area (Å²) < 4.78 is 1.89. The Balaban J connectivity index is 2.24. The Morgan fingerprint density at radius 3 is 2.90 bits per heavy atom. The van der Waals surface area contributed by atoms with Crippen molar-refractivity contribution in [2.75, 3.05) is 13.1 Å². The van der Waals surface area contributed by atoms with Gasteiger partial charge in [-0.3, -0.25) is 9.58 Å². The topological polar surface area (TPSA) is 79.7 Å². The van der Waals surface area contributed by atoms with E-state index in [2.05, 4.69) is 34.2 Å². The predicted molar refractivity (Wildman–Crippen MR) is 79.7 cm³/mol. The maximum absolute atomic E-state index is 8.71. The van der Waals surface area contributed by atoms with E-state index in [-0.39, 0.29) is 5.84 Å². The molecule has 0 fully saturated rings. The SMILES string of the molecule is CCCN(CC(N)=NO)Cc1nn(C)c2ccccc12. The monoisotopic (exact) mass is 275 g/mol. The molecule has 6 nitrogen and oxygen atoms in total. The van der Waals surface area contributed by atoms with E-state index < -0.39 is 0 Å². The third kappa shape index (κ3) is 3.08. The van der Waals surface area contributed by atoms with E-state index in [1.165, 1.54) is 0 Å². The van der Waals surface area contributed by atoms with Gasteiger partial charge in [0.25, 0.3) is 0 Å². The third-order valence-corrected chi connectivity index (χ3v) is 3.26. The van der Waals surface area contributed by atoms with E-state index in [0.717, 1.165) is 29.6 Å². The highest BCUT2D eigenvalue weighted by atomic mass is 16.4. The summed E-state index contributed by atoms with van der Waals surface area (Å²) in [7, 11) is 1.94. The average Bonchev–Trinajstić information content (AvgIpc) is 2.76. The van der Waals surface area contributed by atoms with Crippen LogP contribution in [0.25, 0.3) is 10.9 Å². The summed E-state index contributed by atoms with van der Waals surface area (Å²) in [6.45, 7) is 4.11. The highest BCUT2D eigenvalue weighted by Gasteiger charge is 2.13. The lowest BCUT2D eigenvalue weighted by molar-refractivity contribution is 0.283. The number of oxime groups is 1. The van der Waals surface area contributed by atoms with Gasteiger partial charge in [0.1, 0.15) is 0 Å². The van der Waals surface area contributed by atoms with Crippen molar-refractivity contribution in [2.45, 2.75) is 19.9 Å². The molecule has 0 bridgehead atoms. The van der Waals surface area contributed by atoms with Gasteiger partial charge in [0.15, 0.2) is 5.84 Å². The molecule has 0 spiro atoms. The zero-order valence-electron chi connectivity index (χ0n) is 12.0. The predicted octanol–water partition coefficient (Wildman–Crippen LogP) is 1.53. The minimum Gasteiger partial charge on any atom is -0.409 e. The van der Waals surface area contributed by atoms with Crippen LogP contribution in [0, 0.1) is 0 Å². The number of fused-ring (bicyclic) bond motifs is 1. The van der Waals surface area contributed by atoms with Crippen LogP contribution < -0.4 is 5.73 Å². The van der Waals surface area contributed by atoms with E-state index in [1.807, 2.05) is 23.9 Å². The van der Waals surface area contributed by atoms with Crippen LogP contribution in [0.2, 0.25) is 0 Å². The summed E-state index contributed by atoms with van der Waals surface area (Å²) in [6, 6.07) is 8.15. The van der Waals surface area contributed by atoms with E-state index in [1.54, 1.807) is 0 Å². The lowest BCUT2D eigenvalue weighted by Gasteiger charge is -2.19. The van der Waals surface area contributed by atoms with Gasteiger partial charge in [-0.1, -0.05) is 30.3 Å². The summed E-state index contributed by atoms with van der Waals surface area (Å²) in [4.78, 5) is 2.13. The Labute approximate surface area is 118 Å². The van der Waals surface area contributed by atoms with Crippen LogP contribution in [-0.2, 0) is 13.6 Å². The molecule has 2 rings (SSSR count). The van der Waals surface area contributed by atoms with Crippen LogP contribution in [0.3, 0.4) is 0 Å². The second-order valence-corrected chi connectivity index (χ2v) is 4.89. The van der Waals surface area contributed by atoms with Crippen LogP contribution in [-0.4, -0.2) is 38.8 Å². The smallest absolute Gasteiger partial charge is 0.153 e. The van der Waals surface area contributed by atoms with Crippen molar-refractivity contribution >= 4 is 16.7 Å². The highest BCUT2D eigenvalue weighted by Crippen LogP contribution is 2.18. The number of para-hydroxylation sites is 1. The first kappa shape index (κ1) is 14.3. The van der Waals surface area contributed by atoms with E-state index in [9.17, 15) is 0 Å². The molecule has 0 saturated carbocycles. The third-order valence-electron chi connectivity index (χ3n) is 3.26. The molecule has 2 aromatic rings. The zero-order valence-corrected chi connectivity index (χ0v) is 12.0. The first-order valence-electron chi connectivity index (χ1n) is 6.75. The fraction of sp³-hybridized carbons (Fsp3) is 0.429. The minimum absolute atomic E-state index is 0.221. The first-order chi connectivity index (χ1) is 9.65. The number of nitrogens with two attached hydrogens (primary N) is 1. The van der Waals surface area contributed by atoms with Gasteiger partial charge in [0.2, 0.25) is 0 Å². The molecular formula is C14H21N5O. The molecule has 0 aliphatic heterocycles. The normalized spacial score (nSPS) is 12.4. The van der Waals surface area contributed by atoms with Gasteiger partial charge in [-0.2, -0.15) is 5.10 Å². The van der Waals surface area contributed by atoms with Crippen LogP contribution >= 0.6 is 0 Å². The number of hydrogen-bond donors (Lipinski definition) is 2. The second kappa shape index (κ2) is 6.38. The number of aryl methyl sites for hydroxylation is 1. The van der Waals surface area contributed by atoms with Crippen molar-refractivity contribution in [3.8, 4) is 0 Å². The van der Waals surface area contributed by atoms with Gasteiger partial charge in [0, 0.05) is 19.0 Å². The van der Waals surface area contributed by atoms with Crippen LogP contribution in [0.1, 0.15) is 19.0 Å². The van der Waals surface area contributed by atoms with Crippen LogP contribution in [0.4, 0.5) is 0 Å². The lowest BCUT2D eigenvalue weighted by atomic mass is 10.2. The molecule has 0 unspecified atom stereocenters. The minimum atomic E-state index is 0.221. The largest absolute Gasteiger partial charge is 0.409 e. The van der Waals surface area contributed by atoms with Gasteiger partial charge < -0.3 is 10.9 Å². The Bertz CT molecular complexity index is 605. The number of nitrogens with zero attached hydrogens (tertiary/aromatic N) is 4. The molecule has 0 saturated heterocycles. The quantitative estimate of drug-likeness (QED) is 0.363. The van der Waals surface area contributed by atoms with E-state index in [4.69, 9.17) is 10.9 Å². The first-order valence-corrected chi connectivity index (χ1v) is 6.75. The summed E-state index contributed by atoms with van der Waals surface area (Å²) in [5.41, 5.74) is 7.74. The zero-order chi connectivity index (χ0) is 14.5. The maximum atomic E-state index is 8.71. The van der Waals surface area contributed by atoms with Crippen molar-refractivity contribution in [1.29, 1.82) is 0 Å². The average molecular weight is 275 g/mol. The number of amidine groups is 1. The van der Waals surface area contributed by atoms with Crippen molar-refractivity contribution in [3.63, 3.8) is 0 Å².